The Labute approximate surface area is 198 Å². The predicted molar refractivity (Wildman–Crippen MR) is 128 cm³/mol. The van der Waals surface area contributed by atoms with E-state index in [0.717, 1.165) is 17.5 Å². The van der Waals surface area contributed by atoms with Gasteiger partial charge in [-0.25, -0.2) is 0 Å². The first-order chi connectivity index (χ1) is 16.1. The maximum absolute atomic E-state index is 13.2. The van der Waals surface area contributed by atoms with Crippen molar-refractivity contribution in [3.63, 3.8) is 0 Å². The fourth-order valence-electron chi connectivity index (χ4n) is 4.86. The van der Waals surface area contributed by atoms with Crippen molar-refractivity contribution in [1.82, 2.24) is 5.32 Å². The van der Waals surface area contributed by atoms with Crippen LogP contribution in [0.3, 0.4) is 0 Å². The molecule has 6 heteroatoms. The number of benzene rings is 3. The van der Waals surface area contributed by atoms with Crippen LogP contribution in [0.2, 0.25) is 5.02 Å². The Bertz CT molecular complexity index is 1090. The molecular weight excluding hydrogens is 438 g/mol. The third kappa shape index (κ3) is 4.65. The molecule has 1 heterocycles. The third-order valence-corrected chi connectivity index (χ3v) is 6.68. The standard InChI is InChI=1S/C27H26ClNO4/c1-32-24-13-7-20(8-14-24)26(33-18-30)27(21-9-11-23(28)12-10-21)22(15-16-29-27)17-25(31)19-5-3-2-4-6-19/h2-14,18,22,26,29H,15-17H2,1H3. The van der Waals surface area contributed by atoms with Crippen molar-refractivity contribution in [2.75, 3.05) is 13.7 Å². The number of hydrogen-bond acceptors (Lipinski definition) is 5. The monoisotopic (exact) mass is 463 g/mol. The van der Waals surface area contributed by atoms with Crippen molar-refractivity contribution in [2.24, 2.45) is 5.92 Å². The van der Waals surface area contributed by atoms with E-state index >= 15 is 0 Å². The van der Waals surface area contributed by atoms with Crippen LogP contribution in [0.1, 0.15) is 40.4 Å². The van der Waals surface area contributed by atoms with Gasteiger partial charge in [0.15, 0.2) is 5.78 Å². The maximum atomic E-state index is 13.2. The van der Waals surface area contributed by atoms with Gasteiger partial charge in [0.25, 0.3) is 6.47 Å². The second-order valence-electron chi connectivity index (χ2n) is 8.17. The molecule has 0 aromatic heterocycles. The molecule has 0 saturated carbocycles. The molecule has 1 aliphatic rings. The SMILES string of the molecule is COc1ccc(C(OC=O)C2(c3ccc(Cl)cc3)NCCC2CC(=O)c2ccccc2)cc1. The van der Waals surface area contributed by atoms with E-state index in [1.165, 1.54) is 0 Å². The molecule has 3 atom stereocenters. The lowest BCUT2D eigenvalue weighted by Gasteiger charge is -2.42. The smallest absolute Gasteiger partial charge is 0.293 e. The van der Waals surface area contributed by atoms with E-state index in [4.69, 9.17) is 21.1 Å². The number of ether oxygens (including phenoxy) is 2. The average molecular weight is 464 g/mol. The van der Waals surface area contributed by atoms with Gasteiger partial charge in [-0.2, -0.15) is 0 Å². The quantitative estimate of drug-likeness (QED) is 0.342. The van der Waals surface area contributed by atoms with Crippen LogP contribution in [0.25, 0.3) is 0 Å². The summed E-state index contributed by atoms with van der Waals surface area (Å²) in [6, 6.07) is 24.2. The summed E-state index contributed by atoms with van der Waals surface area (Å²) < 4.78 is 11.1. The summed E-state index contributed by atoms with van der Waals surface area (Å²) in [4.78, 5) is 24.9. The Kier molecular flexibility index (Phi) is 7.11. The van der Waals surface area contributed by atoms with Crippen LogP contribution in [-0.4, -0.2) is 25.9 Å². The van der Waals surface area contributed by atoms with Gasteiger partial charge in [0.05, 0.1) is 12.6 Å². The van der Waals surface area contributed by atoms with Gasteiger partial charge in [0.1, 0.15) is 11.9 Å². The molecule has 0 aliphatic carbocycles. The highest BCUT2D eigenvalue weighted by molar-refractivity contribution is 6.30. The van der Waals surface area contributed by atoms with Crippen molar-refractivity contribution < 1.29 is 19.1 Å². The second-order valence-corrected chi connectivity index (χ2v) is 8.60. The normalized spacial score (nSPS) is 20.7. The first kappa shape index (κ1) is 23.0. The van der Waals surface area contributed by atoms with E-state index in [1.54, 1.807) is 7.11 Å². The van der Waals surface area contributed by atoms with Crippen LogP contribution in [-0.2, 0) is 15.1 Å². The van der Waals surface area contributed by atoms with E-state index < -0.39 is 11.6 Å². The summed E-state index contributed by atoms with van der Waals surface area (Å²) in [5.41, 5.74) is 1.60. The summed E-state index contributed by atoms with van der Waals surface area (Å²) in [5.74, 6) is 0.653. The van der Waals surface area contributed by atoms with Crippen LogP contribution >= 0.6 is 11.6 Å². The molecule has 0 spiro atoms. The largest absolute Gasteiger partial charge is 0.497 e. The Morgan fingerprint density at radius 1 is 1.09 bits per heavy atom. The number of Topliss-reactive ketones (excluding diaryl/α,β-unsaturated/α-hetero) is 1. The van der Waals surface area contributed by atoms with Gasteiger partial charge in [-0.1, -0.05) is 66.2 Å². The molecule has 33 heavy (non-hydrogen) atoms. The van der Waals surface area contributed by atoms with E-state index in [0.29, 0.717) is 35.8 Å². The van der Waals surface area contributed by atoms with Gasteiger partial charge in [0.2, 0.25) is 0 Å². The fourth-order valence-corrected chi connectivity index (χ4v) is 4.98. The van der Waals surface area contributed by atoms with Crippen molar-refractivity contribution in [2.45, 2.75) is 24.5 Å². The molecule has 0 bridgehead atoms. The third-order valence-electron chi connectivity index (χ3n) is 6.43. The van der Waals surface area contributed by atoms with Crippen molar-refractivity contribution in [3.05, 3.63) is 101 Å². The highest BCUT2D eigenvalue weighted by Crippen LogP contribution is 2.49. The van der Waals surface area contributed by atoms with E-state index in [2.05, 4.69) is 5.32 Å². The van der Waals surface area contributed by atoms with Crippen LogP contribution in [0.5, 0.6) is 5.75 Å². The number of hydrogen-bond donors (Lipinski definition) is 1. The van der Waals surface area contributed by atoms with Crippen molar-refractivity contribution in [1.29, 1.82) is 0 Å². The first-order valence-corrected chi connectivity index (χ1v) is 11.3. The Balaban J connectivity index is 1.80. The molecule has 1 aliphatic heterocycles. The highest BCUT2D eigenvalue weighted by Gasteiger charge is 2.52. The molecular formula is C27H26ClNO4. The van der Waals surface area contributed by atoms with Gasteiger partial charge < -0.3 is 14.8 Å². The number of halogens is 1. The van der Waals surface area contributed by atoms with Gasteiger partial charge in [0, 0.05) is 17.0 Å². The summed E-state index contributed by atoms with van der Waals surface area (Å²) in [6.07, 6.45) is 0.420. The van der Waals surface area contributed by atoms with E-state index in [9.17, 15) is 9.59 Å². The molecule has 5 nitrogen and oxygen atoms in total. The average Bonchev–Trinajstić information content (AvgIpc) is 3.27. The number of rotatable bonds is 9. The van der Waals surface area contributed by atoms with Crippen molar-refractivity contribution in [3.8, 4) is 5.75 Å². The molecule has 1 saturated heterocycles. The van der Waals surface area contributed by atoms with Gasteiger partial charge >= 0.3 is 0 Å². The zero-order chi connectivity index (χ0) is 23.3. The van der Waals surface area contributed by atoms with E-state index in [-0.39, 0.29) is 11.7 Å². The van der Waals surface area contributed by atoms with Crippen LogP contribution in [0.4, 0.5) is 0 Å². The number of nitrogens with one attached hydrogen (secondary N) is 1. The lowest BCUT2D eigenvalue weighted by molar-refractivity contribution is -0.140. The topological polar surface area (TPSA) is 64.6 Å². The Hall–Kier alpha value is -3.15. The Morgan fingerprint density at radius 2 is 1.79 bits per heavy atom. The molecule has 3 aromatic carbocycles. The van der Waals surface area contributed by atoms with Crippen LogP contribution < -0.4 is 10.1 Å². The van der Waals surface area contributed by atoms with Gasteiger partial charge in [-0.15, -0.1) is 0 Å². The fraction of sp³-hybridized carbons (Fsp3) is 0.259. The molecule has 3 aromatic rings. The predicted octanol–water partition coefficient (Wildman–Crippen LogP) is 5.34. The van der Waals surface area contributed by atoms with Gasteiger partial charge in [-0.05, 0) is 54.3 Å². The van der Waals surface area contributed by atoms with Crippen molar-refractivity contribution >= 4 is 23.9 Å². The molecule has 0 radical (unpaired) electrons. The highest BCUT2D eigenvalue weighted by atomic mass is 35.5. The lowest BCUT2D eigenvalue weighted by atomic mass is 9.71. The molecule has 4 rings (SSSR count). The van der Waals surface area contributed by atoms with Crippen LogP contribution in [0, 0.1) is 5.92 Å². The molecule has 1 N–H and O–H groups in total. The summed E-state index contributed by atoms with van der Waals surface area (Å²) >= 11 is 6.18. The van der Waals surface area contributed by atoms with E-state index in [1.807, 2.05) is 78.9 Å². The zero-order valence-corrected chi connectivity index (χ0v) is 19.1. The minimum Gasteiger partial charge on any atom is -0.497 e. The molecule has 3 unspecified atom stereocenters. The molecule has 170 valence electrons. The maximum Gasteiger partial charge on any atom is 0.293 e. The molecule has 0 amide bonds. The number of methoxy groups -OCH3 is 1. The molecule has 1 fully saturated rings. The number of carbonyl (C=O) groups is 2. The second kappa shape index (κ2) is 10.2. The lowest BCUT2D eigenvalue weighted by Crippen LogP contribution is -2.48. The summed E-state index contributed by atoms with van der Waals surface area (Å²) in [5, 5.41) is 4.23. The Morgan fingerprint density at radius 3 is 2.42 bits per heavy atom. The van der Waals surface area contributed by atoms with Crippen LogP contribution in [0.15, 0.2) is 78.9 Å². The number of carbonyl (C=O) groups excluding carboxylic acids is 2. The summed E-state index contributed by atoms with van der Waals surface area (Å²) in [6.45, 7) is 1.16. The van der Waals surface area contributed by atoms with Gasteiger partial charge in [-0.3, -0.25) is 9.59 Å². The number of ketones is 1. The zero-order valence-electron chi connectivity index (χ0n) is 18.4. The summed E-state index contributed by atoms with van der Waals surface area (Å²) in [7, 11) is 1.60. The minimum absolute atomic E-state index is 0.0576. The minimum atomic E-state index is -0.801. The first-order valence-electron chi connectivity index (χ1n) is 10.9.